The predicted molar refractivity (Wildman–Crippen MR) is 94.8 cm³/mol. The Balaban J connectivity index is 1.62. The van der Waals surface area contributed by atoms with Gasteiger partial charge in [0.1, 0.15) is 17.7 Å². The Kier molecular flexibility index (Phi) is 5.90. The standard InChI is InChI=1S/C18H15F3N2O3S/c19-11-5-6-16(13(21)7-11)26-8-17(24)23-10-27-9-15(23)18(25)22-14-4-2-1-3-12(14)20/h1-7,15H,8-10H2,(H,22,25)/t15-/m0/s1. The lowest BCUT2D eigenvalue weighted by atomic mass is 10.2. The van der Waals surface area contributed by atoms with E-state index in [-0.39, 0.29) is 17.3 Å². The lowest BCUT2D eigenvalue weighted by molar-refractivity contribution is -0.137. The Hall–Kier alpha value is -2.68. The van der Waals surface area contributed by atoms with Crippen LogP contribution in [0.25, 0.3) is 0 Å². The Labute approximate surface area is 157 Å². The fourth-order valence-electron chi connectivity index (χ4n) is 2.50. The van der Waals surface area contributed by atoms with Gasteiger partial charge in [0.2, 0.25) is 5.91 Å². The SMILES string of the molecule is O=C(Nc1ccccc1F)[C@@H]1CSCN1C(=O)COc1ccc(F)cc1F. The summed E-state index contributed by atoms with van der Waals surface area (Å²) in [5.41, 5.74) is 0.0245. The Morgan fingerprint density at radius 2 is 1.93 bits per heavy atom. The van der Waals surface area contributed by atoms with E-state index in [1.165, 1.54) is 34.9 Å². The minimum Gasteiger partial charge on any atom is -0.481 e. The lowest BCUT2D eigenvalue weighted by Gasteiger charge is -2.23. The second kappa shape index (κ2) is 8.34. The molecule has 1 saturated heterocycles. The molecule has 0 aliphatic carbocycles. The largest absolute Gasteiger partial charge is 0.481 e. The monoisotopic (exact) mass is 396 g/mol. The average molecular weight is 396 g/mol. The maximum atomic E-state index is 13.7. The molecule has 1 fully saturated rings. The van der Waals surface area contributed by atoms with Gasteiger partial charge in [-0.3, -0.25) is 9.59 Å². The van der Waals surface area contributed by atoms with Crippen LogP contribution < -0.4 is 10.1 Å². The highest BCUT2D eigenvalue weighted by Crippen LogP contribution is 2.24. The fraction of sp³-hybridized carbons (Fsp3) is 0.222. The zero-order valence-corrected chi connectivity index (χ0v) is 14.8. The van der Waals surface area contributed by atoms with E-state index in [4.69, 9.17) is 4.74 Å². The zero-order chi connectivity index (χ0) is 19.4. The first-order valence-electron chi connectivity index (χ1n) is 7.96. The van der Waals surface area contributed by atoms with Crippen LogP contribution in [-0.4, -0.2) is 41.0 Å². The third-order valence-electron chi connectivity index (χ3n) is 3.88. The quantitative estimate of drug-likeness (QED) is 0.844. The number of nitrogens with one attached hydrogen (secondary N) is 1. The van der Waals surface area contributed by atoms with Gasteiger partial charge in [0.15, 0.2) is 18.2 Å². The van der Waals surface area contributed by atoms with Gasteiger partial charge in [-0.2, -0.15) is 0 Å². The number of halogens is 3. The highest BCUT2D eigenvalue weighted by molar-refractivity contribution is 7.99. The second-order valence-electron chi connectivity index (χ2n) is 5.71. The molecule has 9 heteroatoms. The number of amides is 2. The number of hydrogen-bond acceptors (Lipinski definition) is 4. The summed E-state index contributed by atoms with van der Waals surface area (Å²) in [5.74, 6) is -2.97. The molecular formula is C18H15F3N2O3S. The molecule has 0 saturated carbocycles. The number of thioether (sulfide) groups is 1. The van der Waals surface area contributed by atoms with E-state index in [1.807, 2.05) is 0 Å². The maximum absolute atomic E-state index is 13.7. The number of carbonyl (C=O) groups excluding carboxylic acids is 2. The number of benzene rings is 2. The third kappa shape index (κ3) is 4.54. The van der Waals surface area contributed by atoms with E-state index in [0.717, 1.165) is 12.1 Å². The number of hydrogen-bond donors (Lipinski definition) is 1. The van der Waals surface area contributed by atoms with E-state index in [0.29, 0.717) is 11.8 Å². The van der Waals surface area contributed by atoms with Crippen LogP contribution in [0.3, 0.4) is 0 Å². The number of nitrogens with zero attached hydrogens (tertiary/aromatic N) is 1. The molecule has 0 radical (unpaired) electrons. The summed E-state index contributed by atoms with van der Waals surface area (Å²) in [6.07, 6.45) is 0. The summed E-state index contributed by atoms with van der Waals surface area (Å²) >= 11 is 1.36. The van der Waals surface area contributed by atoms with Gasteiger partial charge < -0.3 is 15.0 Å². The number of anilines is 1. The van der Waals surface area contributed by atoms with Crippen molar-refractivity contribution in [1.29, 1.82) is 0 Å². The summed E-state index contributed by atoms with van der Waals surface area (Å²) in [6.45, 7) is -0.507. The van der Waals surface area contributed by atoms with Crippen molar-refractivity contribution in [2.75, 3.05) is 23.6 Å². The summed E-state index contributed by atoms with van der Waals surface area (Å²) < 4.78 is 45.2. The van der Waals surface area contributed by atoms with Crippen LogP contribution in [0.15, 0.2) is 42.5 Å². The van der Waals surface area contributed by atoms with Crippen molar-refractivity contribution in [3.05, 3.63) is 59.9 Å². The summed E-state index contributed by atoms with van der Waals surface area (Å²) in [4.78, 5) is 26.1. The molecule has 1 atom stereocenters. The Bertz CT molecular complexity index is 865. The van der Waals surface area contributed by atoms with Crippen molar-refractivity contribution in [3.8, 4) is 5.75 Å². The summed E-state index contributed by atoms with van der Waals surface area (Å²) in [5, 5.41) is 2.46. The van der Waals surface area contributed by atoms with Crippen molar-refractivity contribution in [3.63, 3.8) is 0 Å². The van der Waals surface area contributed by atoms with Gasteiger partial charge in [0.25, 0.3) is 5.91 Å². The van der Waals surface area contributed by atoms with Crippen molar-refractivity contribution >= 4 is 29.3 Å². The van der Waals surface area contributed by atoms with Gasteiger partial charge in [-0.1, -0.05) is 12.1 Å². The molecule has 1 aliphatic heterocycles. The third-order valence-corrected chi connectivity index (χ3v) is 4.89. The molecule has 0 spiro atoms. The molecule has 2 aromatic carbocycles. The van der Waals surface area contributed by atoms with E-state index < -0.39 is 41.9 Å². The lowest BCUT2D eigenvalue weighted by Crippen LogP contribution is -2.46. The van der Waals surface area contributed by atoms with Crippen molar-refractivity contribution in [2.24, 2.45) is 0 Å². The first kappa shape index (κ1) is 19.1. The van der Waals surface area contributed by atoms with E-state index in [1.54, 1.807) is 6.07 Å². The van der Waals surface area contributed by atoms with Crippen LogP contribution in [0.5, 0.6) is 5.75 Å². The highest BCUT2D eigenvalue weighted by atomic mass is 32.2. The minimum absolute atomic E-state index is 0.0245. The smallest absolute Gasteiger partial charge is 0.261 e. The molecule has 1 N–H and O–H groups in total. The van der Waals surface area contributed by atoms with Crippen LogP contribution in [0.1, 0.15) is 0 Å². The van der Waals surface area contributed by atoms with Gasteiger partial charge in [-0.25, -0.2) is 13.2 Å². The van der Waals surface area contributed by atoms with E-state index in [2.05, 4.69) is 5.32 Å². The van der Waals surface area contributed by atoms with Crippen LogP contribution in [-0.2, 0) is 9.59 Å². The van der Waals surface area contributed by atoms with E-state index >= 15 is 0 Å². The van der Waals surface area contributed by atoms with Crippen molar-refractivity contribution < 1.29 is 27.5 Å². The molecule has 27 heavy (non-hydrogen) atoms. The number of ether oxygens (including phenoxy) is 1. The molecule has 2 aromatic rings. The van der Waals surface area contributed by atoms with Crippen molar-refractivity contribution in [2.45, 2.75) is 6.04 Å². The van der Waals surface area contributed by atoms with Crippen LogP contribution in [0, 0.1) is 17.5 Å². The van der Waals surface area contributed by atoms with Gasteiger partial charge in [-0.05, 0) is 24.3 Å². The molecule has 3 rings (SSSR count). The fourth-order valence-corrected chi connectivity index (χ4v) is 3.68. The van der Waals surface area contributed by atoms with Crippen LogP contribution in [0.2, 0.25) is 0 Å². The molecule has 2 amide bonds. The molecule has 5 nitrogen and oxygen atoms in total. The predicted octanol–water partition coefficient (Wildman–Crippen LogP) is 3.02. The Morgan fingerprint density at radius 3 is 2.67 bits per heavy atom. The average Bonchev–Trinajstić information content (AvgIpc) is 3.13. The number of rotatable bonds is 5. The molecule has 142 valence electrons. The zero-order valence-electron chi connectivity index (χ0n) is 14.0. The molecule has 1 heterocycles. The number of para-hydroxylation sites is 1. The highest BCUT2D eigenvalue weighted by Gasteiger charge is 2.35. The Morgan fingerprint density at radius 1 is 1.15 bits per heavy atom. The van der Waals surface area contributed by atoms with Crippen LogP contribution >= 0.6 is 11.8 Å². The van der Waals surface area contributed by atoms with Gasteiger partial charge in [-0.15, -0.1) is 11.8 Å². The van der Waals surface area contributed by atoms with E-state index in [9.17, 15) is 22.8 Å². The second-order valence-corrected chi connectivity index (χ2v) is 6.71. The molecule has 0 unspecified atom stereocenters. The molecule has 0 bridgehead atoms. The van der Waals surface area contributed by atoms with Crippen molar-refractivity contribution in [1.82, 2.24) is 4.90 Å². The summed E-state index contributed by atoms with van der Waals surface area (Å²) in [6, 6.07) is 7.65. The van der Waals surface area contributed by atoms with Crippen LogP contribution in [0.4, 0.5) is 18.9 Å². The molecular weight excluding hydrogens is 381 g/mol. The number of carbonyl (C=O) groups is 2. The topological polar surface area (TPSA) is 58.6 Å². The normalized spacial score (nSPS) is 16.3. The first-order valence-corrected chi connectivity index (χ1v) is 9.11. The van der Waals surface area contributed by atoms with Gasteiger partial charge >= 0.3 is 0 Å². The minimum atomic E-state index is -0.924. The molecule has 1 aliphatic rings. The van der Waals surface area contributed by atoms with Gasteiger partial charge in [0.05, 0.1) is 11.6 Å². The first-order chi connectivity index (χ1) is 13.0. The van der Waals surface area contributed by atoms with Gasteiger partial charge in [0, 0.05) is 11.8 Å². The summed E-state index contributed by atoms with van der Waals surface area (Å²) in [7, 11) is 0. The molecule has 0 aromatic heterocycles. The maximum Gasteiger partial charge on any atom is 0.261 e.